The first-order valence-corrected chi connectivity index (χ1v) is 5.40. The van der Waals surface area contributed by atoms with Gasteiger partial charge in [-0.05, 0) is 19.4 Å². The Kier molecular flexibility index (Phi) is 4.27. The lowest BCUT2D eigenvalue weighted by molar-refractivity contribution is 0.211. The summed E-state index contributed by atoms with van der Waals surface area (Å²) in [6.45, 7) is -1.25. The molecule has 0 radical (unpaired) electrons. The lowest BCUT2D eigenvalue weighted by Gasteiger charge is -2.22. The first-order chi connectivity index (χ1) is 7.45. The van der Waals surface area contributed by atoms with E-state index in [1.165, 1.54) is 12.1 Å². The summed E-state index contributed by atoms with van der Waals surface area (Å²) in [5.41, 5.74) is -0.648. The fourth-order valence-electron chi connectivity index (χ4n) is 1.54. The van der Waals surface area contributed by atoms with Crippen LogP contribution in [0.5, 0.6) is 5.75 Å². The van der Waals surface area contributed by atoms with Crippen molar-refractivity contribution in [3.63, 3.8) is 0 Å². The maximum atomic E-state index is 12.7. The molecule has 0 heterocycles. The van der Waals surface area contributed by atoms with Crippen LogP contribution in [0.1, 0.15) is 26.7 Å². The number of para-hydroxylation sites is 1. The van der Waals surface area contributed by atoms with Crippen LogP contribution in [-0.4, -0.2) is 13.1 Å². The molecule has 0 saturated heterocycles. The molecule has 0 fully saturated rings. The van der Waals surface area contributed by atoms with Crippen LogP contribution in [0.25, 0.3) is 0 Å². The van der Waals surface area contributed by atoms with Crippen molar-refractivity contribution in [1.82, 2.24) is 0 Å². The van der Waals surface area contributed by atoms with Crippen LogP contribution in [0.3, 0.4) is 0 Å². The summed E-state index contributed by atoms with van der Waals surface area (Å²) in [5, 5.41) is 0. The monoisotopic (exact) mass is 231 g/mol. The van der Waals surface area contributed by atoms with E-state index in [1.54, 1.807) is 13.0 Å². The molecule has 1 nitrogen and oxygen atoms in total. The first-order valence-electron chi connectivity index (χ1n) is 5.40. The van der Waals surface area contributed by atoms with Gasteiger partial charge in [-0.3, -0.25) is 0 Å². The summed E-state index contributed by atoms with van der Waals surface area (Å²) in [4.78, 5) is 0. The highest BCUT2D eigenvalue weighted by Crippen LogP contribution is 2.19. The molecule has 90 valence electrons. The van der Waals surface area contributed by atoms with Crippen LogP contribution in [0.15, 0.2) is 24.3 Å². The fourth-order valence-corrected chi connectivity index (χ4v) is 1.54. The van der Waals surface area contributed by atoms with Crippen LogP contribution in [0, 0.1) is 0 Å². The van der Waals surface area contributed by atoms with E-state index >= 15 is 0 Å². The molecule has 0 saturated carbocycles. The minimum absolute atomic E-state index is 0.0593. The van der Waals surface area contributed by atoms with E-state index in [0.717, 1.165) is 18.9 Å². The van der Waals surface area contributed by atoms with E-state index in [9.17, 15) is 12.9 Å². The molecule has 0 N–H and O–H groups in total. The lowest BCUT2D eigenvalue weighted by atomic mass is 9.79. The lowest BCUT2D eigenvalue weighted by Crippen LogP contribution is -2.36. The molecule has 1 atom stereocenters. The molecule has 0 spiro atoms. The maximum Gasteiger partial charge on any atom is 0.513 e. The second kappa shape index (κ2) is 5.28. The molecule has 0 aliphatic heterocycles. The normalized spacial score (nSPS) is 13.6. The largest absolute Gasteiger partial charge is 0.513 e. The molecule has 0 bridgehead atoms. The van der Waals surface area contributed by atoms with Crippen molar-refractivity contribution in [1.29, 1.82) is 0 Å². The Morgan fingerprint density at radius 2 is 1.88 bits per heavy atom. The third-order valence-corrected chi connectivity index (χ3v) is 2.30. The number of rotatable bonds is 5. The summed E-state index contributed by atoms with van der Waals surface area (Å²) >= 11 is 0. The van der Waals surface area contributed by atoms with Crippen LogP contribution in [-0.2, 0) is 0 Å². The van der Waals surface area contributed by atoms with E-state index in [-0.39, 0.29) is 11.9 Å². The summed E-state index contributed by atoms with van der Waals surface area (Å²) in [5.74, 6) is -0.0593. The zero-order valence-electron chi connectivity index (χ0n) is 9.42. The van der Waals surface area contributed by atoms with E-state index < -0.39 is 12.4 Å². The van der Waals surface area contributed by atoms with Gasteiger partial charge in [0.25, 0.3) is 0 Å². The maximum absolute atomic E-state index is 12.7. The molecule has 0 aromatic heterocycles. The highest BCUT2D eigenvalue weighted by atomic mass is 19.4. The summed E-state index contributed by atoms with van der Waals surface area (Å²) in [7, 11) is 0. The van der Waals surface area contributed by atoms with Crippen LogP contribution in [0.2, 0.25) is 0 Å². The molecular formula is C11H15BF3O-. The van der Waals surface area contributed by atoms with Gasteiger partial charge in [-0.25, -0.2) is 0 Å². The zero-order valence-corrected chi connectivity index (χ0v) is 9.42. The fraction of sp³-hybridized carbons (Fsp3) is 0.455. The highest BCUT2D eigenvalue weighted by molar-refractivity contribution is 6.74. The molecule has 0 amide bonds. The van der Waals surface area contributed by atoms with Crippen LogP contribution < -0.4 is 10.2 Å². The van der Waals surface area contributed by atoms with Crippen molar-refractivity contribution in [2.75, 3.05) is 0 Å². The van der Waals surface area contributed by atoms with Gasteiger partial charge in [-0.2, -0.15) is 0 Å². The number of hydrogen-bond donors (Lipinski definition) is 0. The van der Waals surface area contributed by atoms with Crippen molar-refractivity contribution in [3.05, 3.63) is 24.3 Å². The molecule has 0 aliphatic carbocycles. The molecule has 5 heteroatoms. The Bertz CT molecular complexity index is 338. The van der Waals surface area contributed by atoms with E-state index in [4.69, 9.17) is 4.74 Å². The minimum atomic E-state index is -5.00. The van der Waals surface area contributed by atoms with E-state index in [2.05, 4.69) is 0 Å². The molecule has 1 aromatic rings. The summed E-state index contributed by atoms with van der Waals surface area (Å²) < 4.78 is 43.3. The first kappa shape index (κ1) is 12.9. The van der Waals surface area contributed by atoms with Gasteiger partial charge >= 0.3 is 6.98 Å². The Balaban J connectivity index is 2.87. The number of halogens is 3. The van der Waals surface area contributed by atoms with E-state index in [1.807, 2.05) is 6.92 Å². The van der Waals surface area contributed by atoms with Crippen LogP contribution >= 0.6 is 0 Å². The molecular weight excluding hydrogens is 216 g/mol. The van der Waals surface area contributed by atoms with Gasteiger partial charge in [0.2, 0.25) is 0 Å². The Labute approximate surface area is 93.7 Å². The second-order valence-corrected chi connectivity index (χ2v) is 3.83. The van der Waals surface area contributed by atoms with Gasteiger partial charge in [0, 0.05) is 0 Å². The quantitative estimate of drug-likeness (QED) is 0.706. The third-order valence-electron chi connectivity index (χ3n) is 2.30. The van der Waals surface area contributed by atoms with Gasteiger partial charge in [0.1, 0.15) is 0 Å². The predicted octanol–water partition coefficient (Wildman–Crippen LogP) is 3.31. The Morgan fingerprint density at radius 3 is 2.44 bits per heavy atom. The zero-order chi connectivity index (χ0) is 12.2. The number of benzene rings is 1. The van der Waals surface area contributed by atoms with Gasteiger partial charge < -0.3 is 17.7 Å². The van der Waals surface area contributed by atoms with Gasteiger partial charge in [-0.1, -0.05) is 37.0 Å². The van der Waals surface area contributed by atoms with Crippen molar-refractivity contribution in [2.24, 2.45) is 0 Å². The Hall–Kier alpha value is -1.13. The highest BCUT2D eigenvalue weighted by Gasteiger charge is 2.29. The summed E-state index contributed by atoms with van der Waals surface area (Å²) in [6.07, 6.45) is 1.45. The van der Waals surface area contributed by atoms with Gasteiger partial charge in [0.05, 0.1) is 11.9 Å². The van der Waals surface area contributed by atoms with Crippen molar-refractivity contribution in [2.45, 2.75) is 32.8 Å². The second-order valence-electron chi connectivity index (χ2n) is 3.83. The molecule has 16 heavy (non-hydrogen) atoms. The molecule has 1 rings (SSSR count). The Morgan fingerprint density at radius 1 is 1.25 bits per heavy atom. The average Bonchev–Trinajstić information content (AvgIpc) is 2.17. The van der Waals surface area contributed by atoms with E-state index in [0.29, 0.717) is 0 Å². The van der Waals surface area contributed by atoms with Crippen molar-refractivity contribution >= 4 is 12.4 Å². The van der Waals surface area contributed by atoms with Crippen LogP contribution in [0.4, 0.5) is 12.9 Å². The van der Waals surface area contributed by atoms with Crippen molar-refractivity contribution in [3.8, 4) is 5.75 Å². The average molecular weight is 231 g/mol. The molecule has 1 unspecified atom stereocenters. The standard InChI is InChI=1S/C11H15BF3O/c1-3-6-9(2)16-11-8-5-4-7-10(11)12(13,14)15/h4-5,7-9H,3,6H2,1-2H3/q-1. The summed E-state index contributed by atoms with van der Waals surface area (Å²) in [6, 6.07) is 5.37. The smallest absolute Gasteiger partial charge is 0.494 e. The number of ether oxygens (including phenoxy) is 1. The predicted molar refractivity (Wildman–Crippen MR) is 60.2 cm³/mol. The van der Waals surface area contributed by atoms with Gasteiger partial charge in [0.15, 0.2) is 0 Å². The molecule has 1 aromatic carbocycles. The number of hydrogen-bond acceptors (Lipinski definition) is 1. The topological polar surface area (TPSA) is 9.23 Å². The van der Waals surface area contributed by atoms with Gasteiger partial charge in [-0.15, -0.1) is 0 Å². The van der Waals surface area contributed by atoms with Crippen molar-refractivity contribution < 1.29 is 17.7 Å². The SMILES string of the molecule is CCCC(C)Oc1ccccc1[B-](F)(F)F. The minimum Gasteiger partial charge on any atom is -0.494 e. The molecule has 0 aliphatic rings. The third kappa shape index (κ3) is 3.47.